The molecule has 0 radical (unpaired) electrons. The van der Waals surface area contributed by atoms with E-state index in [1.165, 1.54) is 0 Å². The standard InChI is InChI=1S/C16H18N4/c1-13(14-7-5-4-6-8-14)17-19-18-15-9-11-16(12-10-15)20(2)3/h4-12H,1-3H3/b17-13-,19-18?. The highest BCUT2D eigenvalue weighted by Crippen LogP contribution is 2.18. The van der Waals surface area contributed by atoms with Crippen molar-refractivity contribution in [1.82, 2.24) is 0 Å². The molecule has 0 saturated carbocycles. The predicted molar refractivity (Wildman–Crippen MR) is 83.9 cm³/mol. The van der Waals surface area contributed by atoms with Gasteiger partial charge in [0.25, 0.3) is 0 Å². The average molecular weight is 266 g/mol. The molecule has 0 aromatic heterocycles. The van der Waals surface area contributed by atoms with E-state index < -0.39 is 0 Å². The van der Waals surface area contributed by atoms with Gasteiger partial charge in [0.2, 0.25) is 0 Å². The third-order valence-electron chi connectivity index (χ3n) is 2.91. The lowest BCUT2D eigenvalue weighted by atomic mass is 10.1. The first kappa shape index (κ1) is 13.9. The molecule has 0 aliphatic rings. The Balaban J connectivity index is 2.06. The molecule has 2 aromatic carbocycles. The minimum atomic E-state index is 0.792. The van der Waals surface area contributed by atoms with E-state index in [-0.39, 0.29) is 0 Å². The fraction of sp³-hybridized carbons (Fsp3) is 0.188. The van der Waals surface area contributed by atoms with Crippen molar-refractivity contribution in [3.05, 3.63) is 60.2 Å². The van der Waals surface area contributed by atoms with Crippen LogP contribution in [-0.2, 0) is 0 Å². The van der Waals surface area contributed by atoms with Gasteiger partial charge in [0.1, 0.15) is 0 Å². The second kappa shape index (κ2) is 6.61. The molecule has 0 amide bonds. The number of anilines is 1. The minimum Gasteiger partial charge on any atom is -0.378 e. The van der Waals surface area contributed by atoms with Gasteiger partial charge in [-0.25, -0.2) is 0 Å². The van der Waals surface area contributed by atoms with Crippen LogP contribution < -0.4 is 4.90 Å². The molecule has 0 spiro atoms. The second-order valence-electron chi connectivity index (χ2n) is 4.65. The number of nitrogens with zero attached hydrogens (tertiary/aromatic N) is 4. The summed E-state index contributed by atoms with van der Waals surface area (Å²) in [6, 6.07) is 17.8. The Morgan fingerprint density at radius 3 is 2.15 bits per heavy atom. The molecule has 0 unspecified atom stereocenters. The molecule has 20 heavy (non-hydrogen) atoms. The van der Waals surface area contributed by atoms with E-state index in [1.54, 1.807) is 0 Å². The predicted octanol–water partition coefficient (Wildman–Crippen LogP) is 4.26. The summed E-state index contributed by atoms with van der Waals surface area (Å²) in [5.74, 6) is 0. The molecule has 0 bridgehead atoms. The van der Waals surface area contributed by atoms with Gasteiger partial charge in [0.05, 0.1) is 11.4 Å². The summed E-state index contributed by atoms with van der Waals surface area (Å²) in [6.07, 6.45) is 0. The number of rotatable bonds is 4. The first-order valence-corrected chi connectivity index (χ1v) is 6.45. The Morgan fingerprint density at radius 1 is 0.900 bits per heavy atom. The van der Waals surface area contributed by atoms with Gasteiger partial charge in [0, 0.05) is 19.8 Å². The second-order valence-corrected chi connectivity index (χ2v) is 4.65. The van der Waals surface area contributed by atoms with Crippen LogP contribution in [0.5, 0.6) is 0 Å². The van der Waals surface area contributed by atoms with Crippen molar-refractivity contribution in [3.63, 3.8) is 0 Å². The van der Waals surface area contributed by atoms with Crippen molar-refractivity contribution in [3.8, 4) is 0 Å². The molecule has 0 fully saturated rings. The lowest BCUT2D eigenvalue weighted by molar-refractivity contribution is 1.05. The molecule has 0 aliphatic heterocycles. The zero-order valence-corrected chi connectivity index (χ0v) is 12.0. The molecular weight excluding hydrogens is 248 g/mol. The first-order valence-electron chi connectivity index (χ1n) is 6.45. The molecule has 2 rings (SSSR count). The molecule has 2 aromatic rings. The summed E-state index contributed by atoms with van der Waals surface area (Å²) in [6.45, 7) is 1.92. The Bertz CT molecular complexity index is 598. The topological polar surface area (TPSA) is 40.3 Å². The Morgan fingerprint density at radius 2 is 1.55 bits per heavy atom. The largest absolute Gasteiger partial charge is 0.378 e. The van der Waals surface area contributed by atoms with Crippen molar-refractivity contribution in [1.29, 1.82) is 0 Å². The summed E-state index contributed by atoms with van der Waals surface area (Å²) >= 11 is 0. The fourth-order valence-electron chi connectivity index (χ4n) is 1.70. The number of hydrogen-bond donors (Lipinski definition) is 0. The normalized spacial score (nSPS) is 11.8. The lowest BCUT2D eigenvalue weighted by Crippen LogP contribution is -2.07. The van der Waals surface area contributed by atoms with Crippen LogP contribution in [0.3, 0.4) is 0 Å². The summed E-state index contributed by atoms with van der Waals surface area (Å²) < 4.78 is 0. The third kappa shape index (κ3) is 3.75. The van der Waals surface area contributed by atoms with Gasteiger partial charge in [-0.2, -0.15) is 0 Å². The van der Waals surface area contributed by atoms with Crippen molar-refractivity contribution in [2.75, 3.05) is 19.0 Å². The smallest absolute Gasteiger partial charge is 0.0876 e. The maximum absolute atomic E-state index is 4.11. The molecule has 4 nitrogen and oxygen atoms in total. The molecule has 0 saturated heterocycles. The highest BCUT2D eigenvalue weighted by Gasteiger charge is 1.96. The Hall–Kier alpha value is -2.49. The highest BCUT2D eigenvalue weighted by atomic mass is 15.4. The van der Waals surface area contributed by atoms with Crippen LogP contribution >= 0.6 is 0 Å². The van der Waals surface area contributed by atoms with Crippen LogP contribution in [0.25, 0.3) is 0 Å². The number of benzene rings is 2. The van der Waals surface area contributed by atoms with Gasteiger partial charge < -0.3 is 4.90 Å². The van der Waals surface area contributed by atoms with Crippen molar-refractivity contribution < 1.29 is 0 Å². The maximum atomic E-state index is 4.11. The van der Waals surface area contributed by atoms with E-state index >= 15 is 0 Å². The van der Waals surface area contributed by atoms with E-state index in [9.17, 15) is 0 Å². The highest BCUT2D eigenvalue weighted by molar-refractivity contribution is 5.98. The molecule has 0 N–H and O–H groups in total. The molecule has 102 valence electrons. The molecule has 0 heterocycles. The monoisotopic (exact) mass is 266 g/mol. The van der Waals surface area contributed by atoms with E-state index in [0.717, 1.165) is 22.6 Å². The molecule has 0 atom stereocenters. The Labute approximate surface area is 119 Å². The molecule has 4 heteroatoms. The van der Waals surface area contributed by atoms with E-state index in [2.05, 4.69) is 15.4 Å². The minimum absolute atomic E-state index is 0.792. The third-order valence-corrected chi connectivity index (χ3v) is 2.91. The first-order chi connectivity index (χ1) is 9.66. The van der Waals surface area contributed by atoms with Gasteiger partial charge in [-0.15, -0.1) is 10.2 Å². The Kier molecular flexibility index (Phi) is 4.60. The van der Waals surface area contributed by atoms with Crippen LogP contribution in [0.15, 0.2) is 70.0 Å². The van der Waals surface area contributed by atoms with Crippen LogP contribution in [0.1, 0.15) is 12.5 Å². The van der Waals surface area contributed by atoms with Crippen molar-refractivity contribution in [2.24, 2.45) is 15.4 Å². The van der Waals surface area contributed by atoms with Crippen LogP contribution in [0, 0.1) is 0 Å². The van der Waals surface area contributed by atoms with Crippen LogP contribution in [0.4, 0.5) is 11.4 Å². The zero-order valence-electron chi connectivity index (χ0n) is 12.0. The van der Waals surface area contributed by atoms with Gasteiger partial charge in [-0.05, 0) is 42.0 Å². The van der Waals surface area contributed by atoms with Gasteiger partial charge >= 0.3 is 0 Å². The van der Waals surface area contributed by atoms with E-state index in [4.69, 9.17) is 0 Å². The van der Waals surface area contributed by atoms with Crippen molar-refractivity contribution >= 4 is 17.1 Å². The SMILES string of the molecule is C/C(=N/N=Nc1ccc(N(C)C)cc1)c1ccccc1. The average Bonchev–Trinajstić information content (AvgIpc) is 2.48. The van der Waals surface area contributed by atoms with E-state index in [1.807, 2.05) is 80.5 Å². The summed E-state index contributed by atoms with van der Waals surface area (Å²) in [4.78, 5) is 2.04. The molecular formula is C16H18N4. The van der Waals surface area contributed by atoms with Crippen LogP contribution in [0.2, 0.25) is 0 Å². The molecule has 0 aliphatic carbocycles. The maximum Gasteiger partial charge on any atom is 0.0876 e. The van der Waals surface area contributed by atoms with Crippen LogP contribution in [-0.4, -0.2) is 19.8 Å². The lowest BCUT2D eigenvalue weighted by Gasteiger charge is -2.11. The summed E-state index contributed by atoms with van der Waals surface area (Å²) in [5, 5.41) is 12.1. The van der Waals surface area contributed by atoms with Gasteiger partial charge in [-0.3, -0.25) is 0 Å². The van der Waals surface area contributed by atoms with E-state index in [0.29, 0.717) is 0 Å². The zero-order chi connectivity index (χ0) is 14.4. The fourth-order valence-corrected chi connectivity index (χ4v) is 1.70. The summed E-state index contributed by atoms with van der Waals surface area (Å²) in [7, 11) is 4.01. The van der Waals surface area contributed by atoms with Gasteiger partial charge in [-0.1, -0.05) is 30.3 Å². The quantitative estimate of drug-likeness (QED) is 0.463. The number of hydrogen-bond acceptors (Lipinski definition) is 3. The van der Waals surface area contributed by atoms with Gasteiger partial charge in [0.15, 0.2) is 0 Å². The van der Waals surface area contributed by atoms with Crippen molar-refractivity contribution in [2.45, 2.75) is 6.92 Å². The summed E-state index contributed by atoms with van der Waals surface area (Å²) in [5.41, 5.74) is 3.82.